The van der Waals surface area contributed by atoms with Crippen molar-refractivity contribution < 1.29 is 26.7 Å². The molecule has 0 bridgehead atoms. The summed E-state index contributed by atoms with van der Waals surface area (Å²) in [5.41, 5.74) is 1.53. The van der Waals surface area contributed by atoms with E-state index in [1.54, 1.807) is 18.3 Å². The van der Waals surface area contributed by atoms with Crippen molar-refractivity contribution in [3.63, 3.8) is 0 Å². The summed E-state index contributed by atoms with van der Waals surface area (Å²) < 4.78 is 72.9. The van der Waals surface area contributed by atoms with Crippen LogP contribution >= 0.6 is 0 Å². The Kier molecular flexibility index (Phi) is 8.41. The molecule has 0 amide bonds. The Balaban J connectivity index is 1.38. The molecule has 0 fully saturated rings. The third kappa shape index (κ3) is 6.85. The predicted octanol–water partition coefficient (Wildman–Crippen LogP) is 8.28. The lowest BCUT2D eigenvalue weighted by atomic mass is 9.97. The summed E-state index contributed by atoms with van der Waals surface area (Å²) >= 11 is 0. The Hall–Kier alpha value is -3.48. The number of aryl methyl sites for hydroxylation is 4. The molecule has 0 atom stereocenters. The number of aromatic nitrogens is 1. The second kappa shape index (κ2) is 11.7. The number of ether oxygens (including phenoxy) is 1. The van der Waals surface area contributed by atoms with Crippen molar-refractivity contribution in [1.82, 2.24) is 4.98 Å². The van der Waals surface area contributed by atoms with Gasteiger partial charge < -0.3 is 4.74 Å². The highest BCUT2D eigenvalue weighted by atomic mass is 19.4. The minimum Gasteiger partial charge on any atom is -0.492 e. The molecule has 0 aliphatic rings. The number of benzene rings is 3. The second-order valence-corrected chi connectivity index (χ2v) is 9.09. The van der Waals surface area contributed by atoms with E-state index < -0.39 is 17.6 Å². The Labute approximate surface area is 213 Å². The van der Waals surface area contributed by atoms with Crippen molar-refractivity contribution in [3.8, 4) is 5.75 Å². The zero-order chi connectivity index (χ0) is 26.4. The van der Waals surface area contributed by atoms with E-state index in [2.05, 4.69) is 11.9 Å². The van der Waals surface area contributed by atoms with Crippen molar-refractivity contribution in [1.29, 1.82) is 0 Å². The number of unbranched alkanes of at least 4 members (excludes halogenated alkanes) is 1. The van der Waals surface area contributed by atoms with Gasteiger partial charge in [0.2, 0.25) is 0 Å². The third-order valence-electron chi connectivity index (χ3n) is 6.35. The van der Waals surface area contributed by atoms with Crippen LogP contribution in [0.25, 0.3) is 10.8 Å². The maximum absolute atomic E-state index is 15.2. The second-order valence-electron chi connectivity index (χ2n) is 9.09. The van der Waals surface area contributed by atoms with Gasteiger partial charge in [-0.05, 0) is 78.4 Å². The summed E-state index contributed by atoms with van der Waals surface area (Å²) in [5, 5.41) is 1.25. The van der Waals surface area contributed by atoms with Crippen LogP contribution in [0.2, 0.25) is 0 Å². The molecule has 1 heterocycles. The smallest absolute Gasteiger partial charge is 0.419 e. The van der Waals surface area contributed by atoms with Crippen LogP contribution in [-0.4, -0.2) is 11.6 Å². The zero-order valence-electron chi connectivity index (χ0n) is 20.5. The van der Waals surface area contributed by atoms with Crippen LogP contribution < -0.4 is 4.74 Å². The minimum absolute atomic E-state index is 0.227. The van der Waals surface area contributed by atoms with Crippen LogP contribution in [-0.2, 0) is 31.9 Å². The quantitative estimate of drug-likeness (QED) is 0.157. The van der Waals surface area contributed by atoms with E-state index in [0.717, 1.165) is 60.2 Å². The largest absolute Gasteiger partial charge is 0.492 e. The van der Waals surface area contributed by atoms with Gasteiger partial charge in [0.05, 0.1) is 18.4 Å². The zero-order valence-corrected chi connectivity index (χ0v) is 20.5. The molecule has 4 rings (SSSR count). The van der Waals surface area contributed by atoms with Gasteiger partial charge in [-0.25, -0.2) is 8.78 Å². The molecule has 0 aliphatic carbocycles. The van der Waals surface area contributed by atoms with Gasteiger partial charge in [-0.3, -0.25) is 4.98 Å². The fourth-order valence-electron chi connectivity index (χ4n) is 4.21. The van der Waals surface area contributed by atoms with E-state index in [4.69, 9.17) is 4.74 Å². The lowest BCUT2D eigenvalue weighted by molar-refractivity contribution is -0.140. The Morgan fingerprint density at radius 1 is 0.811 bits per heavy atom. The number of hydrogen-bond donors (Lipinski definition) is 0. The number of alkyl halides is 3. The van der Waals surface area contributed by atoms with Gasteiger partial charge in [0.1, 0.15) is 17.4 Å². The van der Waals surface area contributed by atoms with E-state index >= 15 is 4.39 Å². The Morgan fingerprint density at radius 2 is 1.57 bits per heavy atom. The molecule has 2 nitrogen and oxygen atoms in total. The predicted molar refractivity (Wildman–Crippen MR) is 135 cm³/mol. The monoisotopic (exact) mass is 513 g/mol. The van der Waals surface area contributed by atoms with Crippen LogP contribution in [0.5, 0.6) is 5.75 Å². The topological polar surface area (TPSA) is 22.1 Å². The van der Waals surface area contributed by atoms with E-state index in [-0.39, 0.29) is 18.7 Å². The number of fused-ring (bicyclic) bond motifs is 1. The van der Waals surface area contributed by atoms with Crippen molar-refractivity contribution in [2.24, 2.45) is 0 Å². The molecule has 0 aliphatic heterocycles. The van der Waals surface area contributed by atoms with Crippen LogP contribution in [0.3, 0.4) is 0 Å². The molecule has 3 aromatic carbocycles. The average Bonchev–Trinajstić information content (AvgIpc) is 2.87. The minimum atomic E-state index is -4.74. The summed E-state index contributed by atoms with van der Waals surface area (Å²) in [6.45, 7) is 2.79. The molecule has 1 aromatic heterocycles. The van der Waals surface area contributed by atoms with E-state index in [1.165, 1.54) is 6.07 Å². The lowest BCUT2D eigenvalue weighted by Crippen LogP contribution is -2.08. The van der Waals surface area contributed by atoms with Gasteiger partial charge in [-0.1, -0.05) is 49.7 Å². The molecule has 0 radical (unpaired) electrons. The van der Waals surface area contributed by atoms with Gasteiger partial charge in [0.15, 0.2) is 0 Å². The van der Waals surface area contributed by atoms with Crippen molar-refractivity contribution in [2.45, 2.75) is 51.6 Å². The first-order valence-corrected chi connectivity index (χ1v) is 12.4. The van der Waals surface area contributed by atoms with Gasteiger partial charge in [0, 0.05) is 11.1 Å². The molecule has 4 aromatic rings. The summed E-state index contributed by atoms with van der Waals surface area (Å²) in [6.07, 6.45) is 1.05. The summed E-state index contributed by atoms with van der Waals surface area (Å²) in [6, 6.07) is 15.8. The third-order valence-corrected chi connectivity index (χ3v) is 6.35. The number of hydrogen-bond acceptors (Lipinski definition) is 2. The van der Waals surface area contributed by atoms with Crippen molar-refractivity contribution in [2.75, 3.05) is 6.61 Å². The molecule has 0 saturated heterocycles. The van der Waals surface area contributed by atoms with E-state index in [9.17, 15) is 17.6 Å². The molecule has 0 N–H and O–H groups in total. The standard InChI is InChI=1S/C30H28F5NO/c1-2-3-16-37-25-13-12-24(36-19-25)11-5-20-6-14-26-23(17-20)10-9-22(29(26)32)8-4-21-7-15-27(28(31)18-21)30(33,34)35/h6-7,9-10,12-15,17-19H,2-5,8,11,16H2,1H3. The van der Waals surface area contributed by atoms with Gasteiger partial charge >= 0.3 is 6.18 Å². The van der Waals surface area contributed by atoms with E-state index in [0.29, 0.717) is 23.1 Å². The SMILES string of the molecule is CCCCOc1ccc(CCc2ccc3c(F)c(CCc4ccc(C(F)(F)F)c(F)c4)ccc3c2)nc1. The maximum atomic E-state index is 15.2. The lowest BCUT2D eigenvalue weighted by Gasteiger charge is -2.11. The Bertz CT molecular complexity index is 1350. The normalized spacial score (nSPS) is 11.7. The Morgan fingerprint density at radius 3 is 2.27 bits per heavy atom. The first-order chi connectivity index (χ1) is 17.7. The van der Waals surface area contributed by atoms with Crippen LogP contribution in [0.15, 0.2) is 66.9 Å². The summed E-state index contributed by atoms with van der Waals surface area (Å²) in [5.74, 6) is -0.919. The number of halogens is 5. The van der Waals surface area contributed by atoms with Crippen LogP contribution in [0.1, 0.15) is 47.7 Å². The summed E-state index contributed by atoms with van der Waals surface area (Å²) in [7, 11) is 0. The molecular formula is C30H28F5NO. The highest BCUT2D eigenvalue weighted by molar-refractivity contribution is 5.84. The number of nitrogens with zero attached hydrogens (tertiary/aromatic N) is 1. The van der Waals surface area contributed by atoms with Crippen LogP contribution in [0, 0.1) is 11.6 Å². The number of rotatable bonds is 10. The molecule has 7 heteroatoms. The fourth-order valence-corrected chi connectivity index (χ4v) is 4.21. The number of pyridine rings is 1. The van der Waals surface area contributed by atoms with Gasteiger partial charge in [-0.15, -0.1) is 0 Å². The first-order valence-electron chi connectivity index (χ1n) is 12.4. The summed E-state index contributed by atoms with van der Waals surface area (Å²) in [4.78, 5) is 4.46. The highest BCUT2D eigenvalue weighted by Crippen LogP contribution is 2.32. The van der Waals surface area contributed by atoms with Crippen LogP contribution in [0.4, 0.5) is 22.0 Å². The van der Waals surface area contributed by atoms with Crippen molar-refractivity contribution in [3.05, 3.63) is 106 Å². The van der Waals surface area contributed by atoms with Gasteiger partial charge in [0.25, 0.3) is 0 Å². The molecule has 194 valence electrons. The van der Waals surface area contributed by atoms with Crippen molar-refractivity contribution >= 4 is 10.8 Å². The highest BCUT2D eigenvalue weighted by Gasteiger charge is 2.33. The van der Waals surface area contributed by atoms with E-state index in [1.807, 2.05) is 30.3 Å². The molecular weight excluding hydrogens is 485 g/mol. The van der Waals surface area contributed by atoms with Gasteiger partial charge in [-0.2, -0.15) is 13.2 Å². The molecule has 37 heavy (non-hydrogen) atoms. The fraction of sp³-hybridized carbons (Fsp3) is 0.300. The molecule has 0 saturated carbocycles. The molecule has 0 unspecified atom stereocenters. The average molecular weight is 514 g/mol. The first kappa shape index (κ1) is 26.6. The molecule has 0 spiro atoms. The maximum Gasteiger partial charge on any atom is 0.419 e.